The van der Waals surface area contributed by atoms with E-state index in [9.17, 15) is 4.79 Å². The average Bonchev–Trinajstić information content (AvgIpc) is 2.99. The van der Waals surface area contributed by atoms with Gasteiger partial charge >= 0.3 is 6.09 Å². The van der Waals surface area contributed by atoms with Gasteiger partial charge in [-0.2, -0.15) is 0 Å². The molecule has 0 saturated heterocycles. The molecule has 0 saturated carbocycles. The van der Waals surface area contributed by atoms with Crippen molar-refractivity contribution < 1.29 is 9.53 Å². The third kappa shape index (κ3) is 4.64. The first kappa shape index (κ1) is 14.5. The topological polar surface area (TPSA) is 77.2 Å². The second kappa shape index (κ2) is 7.62. The first-order chi connectivity index (χ1) is 9.78. The molecule has 20 heavy (non-hydrogen) atoms. The molecule has 1 amide bonds. The molecule has 0 fully saturated rings. The second-order valence-corrected chi connectivity index (χ2v) is 5.28. The number of thiazole rings is 1. The number of benzene rings is 1. The van der Waals surface area contributed by atoms with E-state index in [-0.39, 0.29) is 12.6 Å². The smallest absolute Gasteiger partial charge is 0.407 e. The number of carbonyl (C=O) groups is 1. The minimum Gasteiger partial charge on any atom is -0.444 e. The molecule has 0 unspecified atom stereocenters. The van der Waals surface area contributed by atoms with Gasteiger partial charge in [0.1, 0.15) is 6.61 Å². The van der Waals surface area contributed by atoms with Crippen LogP contribution in [-0.4, -0.2) is 23.7 Å². The number of ether oxygens (including phenoxy) is 1. The highest BCUT2D eigenvalue weighted by molar-refractivity contribution is 7.09. The molecular weight excluding hydrogens is 274 g/mol. The molecule has 2 rings (SSSR count). The molecule has 5 nitrogen and oxygen atoms in total. The number of nitrogens with one attached hydrogen (secondary N) is 1. The van der Waals surface area contributed by atoms with Gasteiger partial charge in [0.2, 0.25) is 0 Å². The summed E-state index contributed by atoms with van der Waals surface area (Å²) in [6.07, 6.45) is 1.92. The van der Waals surface area contributed by atoms with Crippen LogP contribution in [0.3, 0.4) is 0 Å². The lowest BCUT2D eigenvalue weighted by Crippen LogP contribution is -2.41. The van der Waals surface area contributed by atoms with Gasteiger partial charge in [-0.3, -0.25) is 4.98 Å². The van der Waals surface area contributed by atoms with Crippen LogP contribution >= 0.6 is 11.3 Å². The van der Waals surface area contributed by atoms with Gasteiger partial charge in [0.15, 0.2) is 0 Å². The molecule has 0 aliphatic rings. The third-order valence-electron chi connectivity index (χ3n) is 2.76. The summed E-state index contributed by atoms with van der Waals surface area (Å²) < 4.78 is 5.12. The van der Waals surface area contributed by atoms with Gasteiger partial charge in [0.05, 0.1) is 10.4 Å². The molecule has 1 atom stereocenters. The fourth-order valence-electron chi connectivity index (χ4n) is 1.75. The van der Waals surface area contributed by atoms with E-state index in [1.165, 1.54) is 11.3 Å². The van der Waals surface area contributed by atoms with Crippen LogP contribution in [0.2, 0.25) is 0 Å². The number of hydrogen-bond acceptors (Lipinski definition) is 5. The first-order valence-electron chi connectivity index (χ1n) is 6.32. The van der Waals surface area contributed by atoms with E-state index < -0.39 is 6.09 Å². The Bertz CT molecular complexity index is 516. The Morgan fingerprint density at radius 1 is 1.40 bits per heavy atom. The summed E-state index contributed by atoms with van der Waals surface area (Å²) >= 11 is 1.45. The lowest BCUT2D eigenvalue weighted by molar-refractivity contribution is 0.137. The monoisotopic (exact) mass is 291 g/mol. The van der Waals surface area contributed by atoms with Crippen molar-refractivity contribution in [1.29, 1.82) is 0 Å². The van der Waals surface area contributed by atoms with E-state index in [0.717, 1.165) is 10.4 Å². The van der Waals surface area contributed by atoms with Crippen LogP contribution < -0.4 is 11.1 Å². The number of aromatic nitrogens is 1. The van der Waals surface area contributed by atoms with Gasteiger partial charge in [-0.1, -0.05) is 30.3 Å². The number of nitrogens with zero attached hydrogens (tertiary/aromatic N) is 1. The molecule has 0 aliphatic carbocycles. The minimum atomic E-state index is -0.454. The van der Waals surface area contributed by atoms with E-state index in [2.05, 4.69) is 10.3 Å². The highest BCUT2D eigenvalue weighted by atomic mass is 32.1. The fourth-order valence-corrected chi connectivity index (χ4v) is 2.26. The van der Waals surface area contributed by atoms with E-state index in [1.54, 1.807) is 11.7 Å². The van der Waals surface area contributed by atoms with Crippen LogP contribution in [0.25, 0.3) is 0 Å². The Morgan fingerprint density at radius 2 is 2.20 bits per heavy atom. The summed E-state index contributed by atoms with van der Waals surface area (Å²) in [6.45, 7) is 0.601. The van der Waals surface area contributed by atoms with Crippen LogP contribution in [0, 0.1) is 0 Å². The lowest BCUT2D eigenvalue weighted by atomic mass is 10.1. The maximum atomic E-state index is 11.7. The van der Waals surface area contributed by atoms with Gasteiger partial charge in [0.25, 0.3) is 0 Å². The Labute approximate surface area is 121 Å². The largest absolute Gasteiger partial charge is 0.444 e. The molecule has 106 valence electrons. The van der Waals surface area contributed by atoms with E-state index in [1.807, 2.05) is 30.3 Å². The number of alkyl carbamates (subject to hydrolysis) is 1. The molecule has 3 N–H and O–H groups in total. The summed E-state index contributed by atoms with van der Waals surface area (Å²) in [5.41, 5.74) is 8.51. The molecule has 0 spiro atoms. The number of amides is 1. The van der Waals surface area contributed by atoms with Gasteiger partial charge in [0, 0.05) is 18.8 Å². The molecule has 0 aliphatic heterocycles. The molecule has 1 aromatic heterocycles. The first-order valence-corrected chi connectivity index (χ1v) is 7.20. The van der Waals surface area contributed by atoms with E-state index in [4.69, 9.17) is 10.5 Å². The van der Waals surface area contributed by atoms with Gasteiger partial charge in [-0.15, -0.1) is 11.3 Å². The number of carbonyl (C=O) groups excluding carboxylic acids is 1. The van der Waals surface area contributed by atoms with Crippen molar-refractivity contribution >= 4 is 17.4 Å². The molecule has 2 aromatic rings. The average molecular weight is 291 g/mol. The maximum absolute atomic E-state index is 11.7. The molecule has 1 aromatic carbocycles. The number of nitrogens with two attached hydrogens (primary N) is 1. The van der Waals surface area contributed by atoms with Crippen LogP contribution in [0.4, 0.5) is 4.79 Å². The minimum absolute atomic E-state index is 0.133. The highest BCUT2D eigenvalue weighted by Gasteiger charge is 2.12. The Hall–Kier alpha value is -1.92. The Kier molecular flexibility index (Phi) is 5.52. The van der Waals surface area contributed by atoms with Gasteiger partial charge in [-0.05, 0) is 12.0 Å². The SMILES string of the molecule is NC[C@H](Cc1ccccc1)NC(=O)OCc1cncs1. The van der Waals surface area contributed by atoms with Crippen molar-refractivity contribution in [2.45, 2.75) is 19.1 Å². The molecule has 1 heterocycles. The second-order valence-electron chi connectivity index (χ2n) is 4.31. The summed E-state index contributed by atoms with van der Waals surface area (Å²) in [4.78, 5) is 16.5. The van der Waals surface area contributed by atoms with Crippen molar-refractivity contribution in [3.05, 3.63) is 52.5 Å². The molecule has 0 bridgehead atoms. The predicted octanol–water partition coefficient (Wildman–Crippen LogP) is 1.94. The quantitative estimate of drug-likeness (QED) is 0.852. The van der Waals surface area contributed by atoms with Crippen LogP contribution in [0.1, 0.15) is 10.4 Å². The predicted molar refractivity (Wildman–Crippen MR) is 78.4 cm³/mol. The number of rotatable bonds is 6. The zero-order chi connectivity index (χ0) is 14.2. The summed E-state index contributed by atoms with van der Waals surface area (Å²) in [5, 5.41) is 2.78. The summed E-state index contributed by atoms with van der Waals surface area (Å²) in [5.74, 6) is 0. The van der Waals surface area contributed by atoms with Crippen molar-refractivity contribution in [1.82, 2.24) is 10.3 Å². The third-order valence-corrected chi connectivity index (χ3v) is 3.51. The normalized spacial score (nSPS) is 11.8. The molecule has 0 radical (unpaired) electrons. The van der Waals surface area contributed by atoms with E-state index in [0.29, 0.717) is 13.0 Å². The lowest BCUT2D eigenvalue weighted by Gasteiger charge is -2.16. The van der Waals surface area contributed by atoms with E-state index >= 15 is 0 Å². The van der Waals surface area contributed by atoms with Crippen molar-refractivity contribution in [3.8, 4) is 0 Å². The Balaban J connectivity index is 1.79. The zero-order valence-electron chi connectivity index (χ0n) is 11.0. The van der Waals surface area contributed by atoms with Crippen molar-refractivity contribution in [2.75, 3.05) is 6.54 Å². The maximum Gasteiger partial charge on any atom is 0.407 e. The van der Waals surface area contributed by atoms with Crippen LogP contribution in [-0.2, 0) is 17.8 Å². The van der Waals surface area contributed by atoms with Gasteiger partial charge in [-0.25, -0.2) is 4.79 Å². The van der Waals surface area contributed by atoms with Crippen molar-refractivity contribution in [2.24, 2.45) is 5.73 Å². The standard InChI is InChI=1S/C14H17N3O2S/c15-7-12(6-11-4-2-1-3-5-11)17-14(18)19-9-13-8-16-10-20-13/h1-5,8,10,12H,6-7,9,15H2,(H,17,18)/t12-/m0/s1. The van der Waals surface area contributed by atoms with Crippen LogP contribution in [0.15, 0.2) is 42.0 Å². The number of hydrogen-bond donors (Lipinski definition) is 2. The molecule has 6 heteroatoms. The summed E-state index contributed by atoms with van der Waals surface area (Å²) in [6, 6.07) is 9.76. The van der Waals surface area contributed by atoms with Crippen LogP contribution in [0.5, 0.6) is 0 Å². The molecular formula is C14H17N3O2S. The fraction of sp³-hybridized carbons (Fsp3) is 0.286. The van der Waals surface area contributed by atoms with Crippen molar-refractivity contribution in [3.63, 3.8) is 0 Å². The van der Waals surface area contributed by atoms with Gasteiger partial charge < -0.3 is 15.8 Å². The summed E-state index contributed by atoms with van der Waals surface area (Å²) in [7, 11) is 0. The highest BCUT2D eigenvalue weighted by Crippen LogP contribution is 2.07. The zero-order valence-corrected chi connectivity index (χ0v) is 11.8. The Morgan fingerprint density at radius 3 is 2.85 bits per heavy atom.